The molecule has 1 atom stereocenters. The van der Waals surface area contributed by atoms with Gasteiger partial charge in [0.15, 0.2) is 0 Å². The fourth-order valence-corrected chi connectivity index (χ4v) is 2.56. The molecule has 0 aliphatic carbocycles. The van der Waals surface area contributed by atoms with E-state index in [2.05, 4.69) is 42.0 Å². The van der Waals surface area contributed by atoms with Crippen LogP contribution >= 0.6 is 0 Å². The van der Waals surface area contributed by atoms with Crippen molar-refractivity contribution < 1.29 is 4.74 Å². The lowest BCUT2D eigenvalue weighted by Gasteiger charge is -2.24. The lowest BCUT2D eigenvalue weighted by Crippen LogP contribution is -2.34. The van der Waals surface area contributed by atoms with Crippen molar-refractivity contribution in [3.05, 3.63) is 30.5 Å². The molecule has 2 aromatic rings. The Labute approximate surface area is 127 Å². The highest BCUT2D eigenvalue weighted by Crippen LogP contribution is 2.25. The SMILES string of the molecule is CCN(CC)C[C@H](C)Nc1ccnc2cc(OC)ccc12. The number of rotatable bonds is 7. The summed E-state index contributed by atoms with van der Waals surface area (Å²) in [6, 6.07) is 8.43. The number of aromatic nitrogens is 1. The second kappa shape index (κ2) is 7.27. The summed E-state index contributed by atoms with van der Waals surface area (Å²) in [4.78, 5) is 6.84. The maximum absolute atomic E-state index is 5.26. The van der Waals surface area contributed by atoms with E-state index >= 15 is 0 Å². The maximum atomic E-state index is 5.26. The van der Waals surface area contributed by atoms with Crippen LogP contribution in [0.5, 0.6) is 5.75 Å². The molecule has 0 saturated heterocycles. The van der Waals surface area contributed by atoms with E-state index in [1.54, 1.807) is 7.11 Å². The van der Waals surface area contributed by atoms with Crippen LogP contribution in [0.2, 0.25) is 0 Å². The number of likely N-dealkylation sites (N-methyl/N-ethyl adjacent to an activating group) is 1. The predicted octanol–water partition coefficient (Wildman–Crippen LogP) is 3.39. The van der Waals surface area contributed by atoms with Gasteiger partial charge in [0.25, 0.3) is 0 Å². The van der Waals surface area contributed by atoms with Crippen molar-refractivity contribution in [1.29, 1.82) is 0 Å². The third-order valence-corrected chi connectivity index (χ3v) is 3.78. The molecule has 21 heavy (non-hydrogen) atoms. The van der Waals surface area contributed by atoms with E-state index in [0.717, 1.165) is 42.0 Å². The number of benzene rings is 1. The van der Waals surface area contributed by atoms with Gasteiger partial charge in [-0.15, -0.1) is 0 Å². The summed E-state index contributed by atoms with van der Waals surface area (Å²) >= 11 is 0. The number of nitrogens with zero attached hydrogens (tertiary/aromatic N) is 2. The van der Waals surface area contributed by atoms with Gasteiger partial charge in [0.1, 0.15) is 5.75 Å². The molecular weight excluding hydrogens is 262 g/mol. The molecule has 1 aromatic heterocycles. The number of nitrogens with one attached hydrogen (secondary N) is 1. The average Bonchev–Trinajstić information content (AvgIpc) is 2.52. The van der Waals surface area contributed by atoms with Crippen molar-refractivity contribution in [3.63, 3.8) is 0 Å². The van der Waals surface area contributed by atoms with Gasteiger partial charge in [-0.25, -0.2) is 0 Å². The highest BCUT2D eigenvalue weighted by atomic mass is 16.5. The first-order valence-electron chi connectivity index (χ1n) is 7.59. The first kappa shape index (κ1) is 15.6. The van der Waals surface area contributed by atoms with Gasteiger partial charge in [-0.05, 0) is 38.2 Å². The number of methoxy groups -OCH3 is 1. The molecule has 0 fully saturated rings. The minimum absolute atomic E-state index is 0.387. The minimum Gasteiger partial charge on any atom is -0.497 e. The van der Waals surface area contributed by atoms with Crippen molar-refractivity contribution >= 4 is 16.6 Å². The van der Waals surface area contributed by atoms with E-state index in [1.807, 2.05) is 24.4 Å². The molecule has 2 rings (SSSR count). The largest absolute Gasteiger partial charge is 0.497 e. The normalized spacial score (nSPS) is 12.6. The van der Waals surface area contributed by atoms with Crippen molar-refractivity contribution in [1.82, 2.24) is 9.88 Å². The summed E-state index contributed by atoms with van der Waals surface area (Å²) in [5.74, 6) is 0.836. The summed E-state index contributed by atoms with van der Waals surface area (Å²) in [6.45, 7) is 9.81. The third kappa shape index (κ3) is 3.85. The molecule has 0 saturated carbocycles. The van der Waals surface area contributed by atoms with Crippen molar-refractivity contribution in [3.8, 4) is 5.75 Å². The monoisotopic (exact) mass is 287 g/mol. The first-order valence-corrected chi connectivity index (χ1v) is 7.59. The van der Waals surface area contributed by atoms with Crippen LogP contribution in [-0.2, 0) is 0 Å². The standard InChI is InChI=1S/C17H25N3O/c1-5-20(6-2)12-13(3)19-16-9-10-18-17-11-14(21-4)7-8-15(16)17/h7-11,13H,5-6,12H2,1-4H3,(H,18,19)/t13-/m0/s1. The van der Waals surface area contributed by atoms with Crippen LogP contribution in [0.4, 0.5) is 5.69 Å². The number of hydrogen-bond acceptors (Lipinski definition) is 4. The molecule has 4 heteroatoms. The molecule has 4 nitrogen and oxygen atoms in total. The van der Waals surface area contributed by atoms with E-state index < -0.39 is 0 Å². The minimum atomic E-state index is 0.387. The molecule has 114 valence electrons. The first-order chi connectivity index (χ1) is 10.2. The van der Waals surface area contributed by atoms with Gasteiger partial charge in [0, 0.05) is 35.9 Å². The number of anilines is 1. The quantitative estimate of drug-likeness (QED) is 0.847. The highest BCUT2D eigenvalue weighted by molar-refractivity contribution is 5.91. The van der Waals surface area contributed by atoms with Gasteiger partial charge < -0.3 is 15.0 Å². The number of fused-ring (bicyclic) bond motifs is 1. The summed E-state index contributed by atoms with van der Waals surface area (Å²) < 4.78 is 5.26. The van der Waals surface area contributed by atoms with Crippen molar-refractivity contribution in [2.75, 3.05) is 32.1 Å². The third-order valence-electron chi connectivity index (χ3n) is 3.78. The summed E-state index contributed by atoms with van der Waals surface area (Å²) in [7, 11) is 1.68. The zero-order chi connectivity index (χ0) is 15.2. The van der Waals surface area contributed by atoms with E-state index in [0.29, 0.717) is 6.04 Å². The lowest BCUT2D eigenvalue weighted by molar-refractivity contribution is 0.295. The summed E-state index contributed by atoms with van der Waals surface area (Å²) in [6.07, 6.45) is 1.84. The van der Waals surface area contributed by atoms with Gasteiger partial charge in [0.2, 0.25) is 0 Å². The van der Waals surface area contributed by atoms with Crippen LogP contribution in [-0.4, -0.2) is 42.7 Å². The molecule has 1 heterocycles. The molecule has 0 amide bonds. The van der Waals surface area contributed by atoms with Gasteiger partial charge in [-0.3, -0.25) is 4.98 Å². The van der Waals surface area contributed by atoms with Gasteiger partial charge in [-0.1, -0.05) is 13.8 Å². The molecule has 1 aromatic carbocycles. The van der Waals surface area contributed by atoms with Crippen molar-refractivity contribution in [2.45, 2.75) is 26.8 Å². The van der Waals surface area contributed by atoms with E-state index in [-0.39, 0.29) is 0 Å². The van der Waals surface area contributed by atoms with Crippen LogP contribution in [0.1, 0.15) is 20.8 Å². The Morgan fingerprint density at radius 2 is 2.00 bits per heavy atom. The topological polar surface area (TPSA) is 37.4 Å². The second-order valence-corrected chi connectivity index (χ2v) is 5.27. The van der Waals surface area contributed by atoms with Crippen LogP contribution in [0.15, 0.2) is 30.5 Å². The molecule has 0 unspecified atom stereocenters. The molecule has 1 N–H and O–H groups in total. The Bertz CT molecular complexity index is 581. The molecule has 0 radical (unpaired) electrons. The predicted molar refractivity (Wildman–Crippen MR) is 89.2 cm³/mol. The zero-order valence-electron chi connectivity index (χ0n) is 13.4. The molecular formula is C17H25N3O. The lowest BCUT2D eigenvalue weighted by atomic mass is 10.1. The van der Waals surface area contributed by atoms with Gasteiger partial charge in [0.05, 0.1) is 12.6 Å². The number of pyridine rings is 1. The van der Waals surface area contributed by atoms with Crippen molar-refractivity contribution in [2.24, 2.45) is 0 Å². The molecule has 0 aliphatic heterocycles. The molecule has 0 aliphatic rings. The Morgan fingerprint density at radius 3 is 2.67 bits per heavy atom. The Balaban J connectivity index is 2.18. The number of ether oxygens (including phenoxy) is 1. The molecule has 0 bridgehead atoms. The second-order valence-electron chi connectivity index (χ2n) is 5.27. The maximum Gasteiger partial charge on any atom is 0.121 e. The molecule has 0 spiro atoms. The van der Waals surface area contributed by atoms with Crippen LogP contribution in [0.3, 0.4) is 0 Å². The van der Waals surface area contributed by atoms with Crippen LogP contribution < -0.4 is 10.1 Å². The van der Waals surface area contributed by atoms with E-state index in [9.17, 15) is 0 Å². The Kier molecular flexibility index (Phi) is 5.39. The Morgan fingerprint density at radius 1 is 1.24 bits per heavy atom. The fraction of sp³-hybridized carbons (Fsp3) is 0.471. The van der Waals surface area contributed by atoms with Gasteiger partial charge >= 0.3 is 0 Å². The van der Waals surface area contributed by atoms with E-state index in [4.69, 9.17) is 4.74 Å². The van der Waals surface area contributed by atoms with E-state index in [1.165, 1.54) is 0 Å². The highest BCUT2D eigenvalue weighted by Gasteiger charge is 2.09. The Hall–Kier alpha value is -1.81. The average molecular weight is 287 g/mol. The van der Waals surface area contributed by atoms with Crippen LogP contribution in [0, 0.1) is 0 Å². The summed E-state index contributed by atoms with van der Waals surface area (Å²) in [5, 5.41) is 4.73. The fourth-order valence-electron chi connectivity index (χ4n) is 2.56. The van der Waals surface area contributed by atoms with Crippen LogP contribution in [0.25, 0.3) is 10.9 Å². The van der Waals surface area contributed by atoms with Gasteiger partial charge in [-0.2, -0.15) is 0 Å². The summed E-state index contributed by atoms with van der Waals surface area (Å²) in [5.41, 5.74) is 2.08. The smallest absolute Gasteiger partial charge is 0.121 e. The zero-order valence-corrected chi connectivity index (χ0v) is 13.4. The number of hydrogen-bond donors (Lipinski definition) is 1.